The Kier molecular flexibility index (Phi) is 3.59. The van der Waals surface area contributed by atoms with E-state index in [1.54, 1.807) is 13.0 Å². The van der Waals surface area contributed by atoms with Crippen LogP contribution >= 0.6 is 11.6 Å². The molecular weight excluding hydrogens is 241 g/mol. The summed E-state index contributed by atoms with van der Waals surface area (Å²) in [4.78, 5) is 0. The third-order valence-corrected chi connectivity index (χ3v) is 3.96. The fourth-order valence-corrected chi connectivity index (χ4v) is 2.42. The van der Waals surface area contributed by atoms with E-state index in [-0.39, 0.29) is 17.8 Å². The van der Waals surface area contributed by atoms with Crippen molar-refractivity contribution in [2.45, 2.75) is 26.2 Å². The first-order valence-corrected chi connectivity index (χ1v) is 6.24. The van der Waals surface area contributed by atoms with Gasteiger partial charge in [0.1, 0.15) is 5.82 Å². The molecule has 17 heavy (non-hydrogen) atoms. The molecular formula is C13H17ClFNO. The van der Waals surface area contributed by atoms with E-state index in [1.807, 2.05) is 0 Å². The molecule has 0 unspecified atom stereocenters. The highest BCUT2D eigenvalue weighted by atomic mass is 35.5. The van der Waals surface area contributed by atoms with Crippen LogP contribution < -0.4 is 5.32 Å². The molecule has 0 bridgehead atoms. The number of benzene rings is 1. The molecule has 2 rings (SSSR count). The summed E-state index contributed by atoms with van der Waals surface area (Å²) in [7, 11) is 0. The van der Waals surface area contributed by atoms with Crippen molar-refractivity contribution < 1.29 is 9.50 Å². The van der Waals surface area contributed by atoms with E-state index in [1.165, 1.54) is 6.07 Å². The van der Waals surface area contributed by atoms with Crippen LogP contribution in [0.15, 0.2) is 12.1 Å². The Morgan fingerprint density at radius 2 is 2.18 bits per heavy atom. The first-order valence-electron chi connectivity index (χ1n) is 5.87. The van der Waals surface area contributed by atoms with E-state index >= 15 is 0 Å². The molecule has 1 fully saturated rings. The normalized spacial score (nSPS) is 17.6. The van der Waals surface area contributed by atoms with Gasteiger partial charge in [0.2, 0.25) is 0 Å². The van der Waals surface area contributed by atoms with Gasteiger partial charge in [0.15, 0.2) is 0 Å². The molecule has 2 nitrogen and oxygen atoms in total. The molecule has 0 aliphatic heterocycles. The van der Waals surface area contributed by atoms with Crippen LogP contribution in [-0.4, -0.2) is 18.3 Å². The van der Waals surface area contributed by atoms with Crippen molar-refractivity contribution in [2.75, 3.05) is 18.5 Å². The standard InChI is InChI=1S/C13H17ClFNO/c1-9-5-10(14)12(6-11(9)15)16-7-13(8-17)3-2-4-13/h5-6,16-17H,2-4,7-8H2,1H3. The topological polar surface area (TPSA) is 32.3 Å². The van der Waals surface area contributed by atoms with Crippen LogP contribution in [0.2, 0.25) is 5.02 Å². The van der Waals surface area contributed by atoms with Gasteiger partial charge in [0.25, 0.3) is 0 Å². The fourth-order valence-electron chi connectivity index (χ4n) is 2.13. The van der Waals surface area contributed by atoms with Crippen LogP contribution in [0, 0.1) is 18.2 Å². The Balaban J connectivity index is 2.06. The SMILES string of the molecule is Cc1cc(Cl)c(NCC2(CO)CCC2)cc1F. The Labute approximate surface area is 106 Å². The quantitative estimate of drug-likeness (QED) is 0.867. The molecule has 2 N–H and O–H groups in total. The summed E-state index contributed by atoms with van der Waals surface area (Å²) in [6.07, 6.45) is 3.18. The van der Waals surface area contributed by atoms with Crippen molar-refractivity contribution in [2.24, 2.45) is 5.41 Å². The summed E-state index contributed by atoms with van der Waals surface area (Å²) >= 11 is 6.04. The Morgan fingerprint density at radius 3 is 2.71 bits per heavy atom. The van der Waals surface area contributed by atoms with Gasteiger partial charge in [0, 0.05) is 12.0 Å². The Bertz CT molecular complexity index is 413. The molecule has 0 aromatic heterocycles. The van der Waals surface area contributed by atoms with E-state index in [0.29, 0.717) is 22.8 Å². The van der Waals surface area contributed by atoms with Gasteiger partial charge < -0.3 is 10.4 Å². The third-order valence-electron chi connectivity index (χ3n) is 3.65. The molecule has 1 aliphatic carbocycles. The molecule has 1 aliphatic rings. The highest BCUT2D eigenvalue weighted by Crippen LogP contribution is 2.40. The smallest absolute Gasteiger partial charge is 0.128 e. The second-order valence-corrected chi connectivity index (χ2v) is 5.35. The zero-order valence-electron chi connectivity index (χ0n) is 9.89. The maximum absolute atomic E-state index is 13.4. The van der Waals surface area contributed by atoms with Crippen molar-refractivity contribution in [1.82, 2.24) is 0 Å². The monoisotopic (exact) mass is 257 g/mol. The molecule has 0 spiro atoms. The predicted molar refractivity (Wildman–Crippen MR) is 68.0 cm³/mol. The minimum absolute atomic E-state index is 0.0370. The van der Waals surface area contributed by atoms with Crippen LogP contribution in [0.5, 0.6) is 0 Å². The van der Waals surface area contributed by atoms with Gasteiger partial charge in [0.05, 0.1) is 17.3 Å². The number of hydrogen-bond acceptors (Lipinski definition) is 2. The van der Waals surface area contributed by atoms with Gasteiger partial charge in [-0.25, -0.2) is 4.39 Å². The summed E-state index contributed by atoms with van der Waals surface area (Å²) in [5, 5.41) is 13.0. The minimum atomic E-state index is -0.261. The van der Waals surface area contributed by atoms with Gasteiger partial charge in [-0.2, -0.15) is 0 Å². The van der Waals surface area contributed by atoms with Crippen molar-refractivity contribution in [3.05, 3.63) is 28.5 Å². The van der Waals surface area contributed by atoms with Crippen LogP contribution in [0.3, 0.4) is 0 Å². The number of halogens is 2. The summed E-state index contributed by atoms with van der Waals surface area (Å²) in [6.45, 7) is 2.50. The zero-order valence-corrected chi connectivity index (χ0v) is 10.6. The van der Waals surface area contributed by atoms with E-state index in [4.69, 9.17) is 11.6 Å². The van der Waals surface area contributed by atoms with Crippen LogP contribution in [-0.2, 0) is 0 Å². The largest absolute Gasteiger partial charge is 0.396 e. The van der Waals surface area contributed by atoms with E-state index in [2.05, 4.69) is 5.32 Å². The van der Waals surface area contributed by atoms with E-state index in [0.717, 1.165) is 19.3 Å². The molecule has 1 aromatic rings. The number of hydrogen-bond donors (Lipinski definition) is 2. The molecule has 1 saturated carbocycles. The average Bonchev–Trinajstić information content (AvgIpc) is 2.24. The Hall–Kier alpha value is -0.800. The number of aryl methyl sites for hydroxylation is 1. The van der Waals surface area contributed by atoms with Gasteiger partial charge >= 0.3 is 0 Å². The van der Waals surface area contributed by atoms with Crippen molar-refractivity contribution >= 4 is 17.3 Å². The van der Waals surface area contributed by atoms with Crippen molar-refractivity contribution in [3.63, 3.8) is 0 Å². The summed E-state index contributed by atoms with van der Waals surface area (Å²) in [6, 6.07) is 3.03. The molecule has 0 heterocycles. The number of nitrogens with one attached hydrogen (secondary N) is 1. The third kappa shape index (κ3) is 2.55. The molecule has 1 aromatic carbocycles. The number of rotatable bonds is 4. The van der Waals surface area contributed by atoms with Crippen LogP contribution in [0.4, 0.5) is 10.1 Å². The highest BCUT2D eigenvalue weighted by Gasteiger charge is 2.36. The van der Waals surface area contributed by atoms with Crippen LogP contribution in [0.25, 0.3) is 0 Å². The van der Waals surface area contributed by atoms with Crippen molar-refractivity contribution in [3.8, 4) is 0 Å². The molecule has 0 saturated heterocycles. The number of anilines is 1. The molecule has 94 valence electrons. The summed E-state index contributed by atoms with van der Waals surface area (Å²) < 4.78 is 13.4. The maximum Gasteiger partial charge on any atom is 0.128 e. The Morgan fingerprint density at radius 1 is 1.47 bits per heavy atom. The lowest BCUT2D eigenvalue weighted by molar-refractivity contribution is 0.0576. The summed E-state index contributed by atoms with van der Waals surface area (Å²) in [5.41, 5.74) is 1.11. The maximum atomic E-state index is 13.4. The lowest BCUT2D eigenvalue weighted by Gasteiger charge is -2.40. The van der Waals surface area contributed by atoms with Gasteiger partial charge in [-0.05, 0) is 37.5 Å². The molecule has 0 atom stereocenters. The lowest BCUT2D eigenvalue weighted by Crippen LogP contribution is -2.39. The number of aliphatic hydroxyl groups is 1. The molecule has 0 amide bonds. The van der Waals surface area contributed by atoms with Crippen LogP contribution in [0.1, 0.15) is 24.8 Å². The van der Waals surface area contributed by atoms with Gasteiger partial charge in [-0.1, -0.05) is 18.0 Å². The van der Waals surface area contributed by atoms with E-state index < -0.39 is 0 Å². The highest BCUT2D eigenvalue weighted by molar-refractivity contribution is 6.33. The number of aliphatic hydroxyl groups excluding tert-OH is 1. The first kappa shape index (κ1) is 12.7. The first-order chi connectivity index (χ1) is 8.06. The average molecular weight is 258 g/mol. The zero-order chi connectivity index (χ0) is 12.5. The molecule has 4 heteroatoms. The summed E-state index contributed by atoms with van der Waals surface area (Å²) in [5.74, 6) is -0.261. The predicted octanol–water partition coefficient (Wildman–Crippen LogP) is 3.36. The second kappa shape index (κ2) is 4.83. The molecule has 0 radical (unpaired) electrons. The van der Waals surface area contributed by atoms with E-state index in [9.17, 15) is 9.50 Å². The lowest BCUT2D eigenvalue weighted by atomic mass is 9.69. The fraction of sp³-hybridized carbons (Fsp3) is 0.538. The van der Waals surface area contributed by atoms with Crippen molar-refractivity contribution in [1.29, 1.82) is 0 Å². The minimum Gasteiger partial charge on any atom is -0.396 e. The van der Waals surface area contributed by atoms with Gasteiger partial charge in [-0.3, -0.25) is 0 Å². The van der Waals surface area contributed by atoms with Gasteiger partial charge in [-0.15, -0.1) is 0 Å². The second-order valence-electron chi connectivity index (χ2n) is 4.95.